The monoisotopic (exact) mass is 462 g/mol. The third kappa shape index (κ3) is 5.44. The van der Waals surface area contributed by atoms with E-state index in [-0.39, 0.29) is 29.8 Å². The molecule has 1 aliphatic carbocycles. The summed E-state index contributed by atoms with van der Waals surface area (Å²) >= 11 is 0. The molecule has 6 nitrogen and oxygen atoms in total. The molecule has 2 aliphatic rings. The highest BCUT2D eigenvalue weighted by Crippen LogP contribution is 2.36. The number of carbonyl (C=O) groups excluding carboxylic acids is 2. The normalized spacial score (nSPS) is 20.2. The van der Waals surface area contributed by atoms with Crippen LogP contribution in [0.25, 0.3) is 0 Å². The Morgan fingerprint density at radius 1 is 1.00 bits per heavy atom. The topological polar surface area (TPSA) is 73.5 Å². The van der Waals surface area contributed by atoms with Crippen LogP contribution in [0.3, 0.4) is 0 Å². The quantitative estimate of drug-likeness (QED) is 0.532. The van der Waals surface area contributed by atoms with Crippen molar-refractivity contribution >= 4 is 23.2 Å². The Labute approximate surface area is 203 Å². The SMILES string of the molecule is CN[C@@H](C)C(=O)N[C@H](C(=O)N1CCC[C@H]1c1cccc(Nc2ccccc2C)c1)C1CCCC1. The Kier molecular flexibility index (Phi) is 7.88. The molecule has 6 heteroatoms. The molecule has 0 radical (unpaired) electrons. The largest absolute Gasteiger partial charge is 0.355 e. The maximum atomic E-state index is 13.9. The van der Waals surface area contributed by atoms with Crippen molar-refractivity contribution < 1.29 is 9.59 Å². The number of nitrogens with one attached hydrogen (secondary N) is 3. The van der Waals surface area contributed by atoms with Gasteiger partial charge in [-0.3, -0.25) is 9.59 Å². The van der Waals surface area contributed by atoms with E-state index >= 15 is 0 Å². The standard InChI is InChI=1S/C28H38N4O2/c1-19-10-4-7-15-24(19)30-23-14-8-13-22(18-23)25-16-9-17-32(25)28(34)26(21-11-5-6-12-21)31-27(33)20(2)29-3/h4,7-8,10,13-15,18,20-21,25-26,29-30H,5-6,9,11-12,16-17H2,1-3H3,(H,31,33)/t20-,25-,26-/m0/s1. The van der Waals surface area contributed by atoms with Gasteiger partial charge in [0.25, 0.3) is 0 Å². The molecular formula is C28H38N4O2. The van der Waals surface area contributed by atoms with Crippen molar-refractivity contribution in [1.29, 1.82) is 0 Å². The third-order valence-corrected chi connectivity index (χ3v) is 7.49. The number of nitrogens with zero attached hydrogens (tertiary/aromatic N) is 1. The van der Waals surface area contributed by atoms with Crippen molar-refractivity contribution in [2.24, 2.45) is 5.92 Å². The van der Waals surface area contributed by atoms with Gasteiger partial charge >= 0.3 is 0 Å². The molecule has 1 aliphatic heterocycles. The minimum atomic E-state index is -0.445. The van der Waals surface area contributed by atoms with Gasteiger partial charge in [-0.05, 0) is 81.8 Å². The van der Waals surface area contributed by atoms with Gasteiger partial charge in [-0.25, -0.2) is 0 Å². The lowest BCUT2D eigenvalue weighted by Gasteiger charge is -2.33. The first kappa shape index (κ1) is 24.3. The Morgan fingerprint density at radius 2 is 1.76 bits per heavy atom. The maximum absolute atomic E-state index is 13.9. The van der Waals surface area contributed by atoms with Crippen LogP contribution in [0.15, 0.2) is 48.5 Å². The smallest absolute Gasteiger partial charge is 0.245 e. The summed E-state index contributed by atoms with van der Waals surface area (Å²) in [6.45, 7) is 4.66. The molecule has 34 heavy (non-hydrogen) atoms. The fourth-order valence-corrected chi connectivity index (χ4v) is 5.33. The van der Waals surface area contributed by atoms with Crippen LogP contribution in [0.2, 0.25) is 0 Å². The van der Waals surface area contributed by atoms with E-state index in [1.807, 2.05) is 24.0 Å². The van der Waals surface area contributed by atoms with Crippen LogP contribution >= 0.6 is 0 Å². The lowest BCUT2D eigenvalue weighted by Crippen LogP contribution is -2.55. The molecule has 182 valence electrons. The van der Waals surface area contributed by atoms with E-state index < -0.39 is 6.04 Å². The van der Waals surface area contributed by atoms with Crippen LogP contribution in [0.1, 0.15) is 62.6 Å². The number of likely N-dealkylation sites (N-methyl/N-ethyl adjacent to an activating group) is 1. The molecular weight excluding hydrogens is 424 g/mol. The van der Waals surface area contributed by atoms with E-state index in [0.717, 1.165) is 62.0 Å². The zero-order chi connectivity index (χ0) is 24.1. The van der Waals surface area contributed by atoms with Crippen molar-refractivity contribution in [3.63, 3.8) is 0 Å². The molecule has 1 saturated heterocycles. The summed E-state index contributed by atoms with van der Waals surface area (Å²) in [7, 11) is 1.77. The fourth-order valence-electron chi connectivity index (χ4n) is 5.33. The zero-order valence-electron chi connectivity index (χ0n) is 20.6. The highest BCUT2D eigenvalue weighted by Gasteiger charge is 2.39. The number of para-hydroxylation sites is 1. The first-order valence-corrected chi connectivity index (χ1v) is 12.7. The summed E-state index contributed by atoms with van der Waals surface area (Å²) in [5.74, 6) is 0.187. The van der Waals surface area contributed by atoms with Gasteiger partial charge in [0, 0.05) is 17.9 Å². The lowest BCUT2D eigenvalue weighted by atomic mass is 9.95. The number of carbonyl (C=O) groups is 2. The Balaban J connectivity index is 1.54. The maximum Gasteiger partial charge on any atom is 0.245 e. The predicted octanol–water partition coefficient (Wildman–Crippen LogP) is 4.69. The Bertz CT molecular complexity index is 1000. The summed E-state index contributed by atoms with van der Waals surface area (Å²) in [6.07, 6.45) is 6.17. The number of amides is 2. The van der Waals surface area contributed by atoms with Crippen LogP contribution in [-0.4, -0.2) is 42.4 Å². The fraction of sp³-hybridized carbons (Fsp3) is 0.500. The lowest BCUT2D eigenvalue weighted by molar-refractivity contribution is -0.139. The van der Waals surface area contributed by atoms with E-state index in [4.69, 9.17) is 0 Å². The van der Waals surface area contributed by atoms with Gasteiger partial charge in [0.1, 0.15) is 6.04 Å². The van der Waals surface area contributed by atoms with Crippen molar-refractivity contribution in [3.8, 4) is 0 Å². The van der Waals surface area contributed by atoms with Gasteiger partial charge in [0.05, 0.1) is 12.1 Å². The molecule has 2 fully saturated rings. The molecule has 1 saturated carbocycles. The van der Waals surface area contributed by atoms with Crippen LogP contribution in [0.4, 0.5) is 11.4 Å². The summed E-state index contributed by atoms with van der Waals surface area (Å²) in [4.78, 5) is 28.6. The van der Waals surface area contributed by atoms with Crippen LogP contribution < -0.4 is 16.0 Å². The van der Waals surface area contributed by atoms with E-state index in [1.54, 1.807) is 7.05 Å². The number of aryl methyl sites for hydroxylation is 1. The molecule has 4 rings (SSSR count). The molecule has 2 aromatic rings. The van der Waals surface area contributed by atoms with Crippen LogP contribution in [-0.2, 0) is 9.59 Å². The molecule has 0 bridgehead atoms. The van der Waals surface area contributed by atoms with E-state index in [9.17, 15) is 9.59 Å². The second-order valence-electron chi connectivity index (χ2n) is 9.80. The van der Waals surface area contributed by atoms with Crippen molar-refractivity contribution in [3.05, 3.63) is 59.7 Å². The summed E-state index contributed by atoms with van der Waals surface area (Å²) in [5.41, 5.74) is 4.44. The van der Waals surface area contributed by atoms with Gasteiger partial charge in [-0.1, -0.05) is 43.2 Å². The number of benzene rings is 2. The number of hydrogen-bond donors (Lipinski definition) is 3. The van der Waals surface area contributed by atoms with Gasteiger partial charge < -0.3 is 20.9 Å². The summed E-state index contributed by atoms with van der Waals surface area (Å²) in [5, 5.41) is 9.62. The van der Waals surface area contributed by atoms with E-state index in [0.29, 0.717) is 0 Å². The second-order valence-corrected chi connectivity index (χ2v) is 9.80. The summed E-state index contributed by atoms with van der Waals surface area (Å²) < 4.78 is 0. The third-order valence-electron chi connectivity index (χ3n) is 7.49. The minimum absolute atomic E-state index is 0.0358. The minimum Gasteiger partial charge on any atom is -0.355 e. The average Bonchev–Trinajstić information content (AvgIpc) is 3.55. The number of likely N-dealkylation sites (tertiary alicyclic amines) is 1. The Hall–Kier alpha value is -2.86. The first-order chi connectivity index (χ1) is 16.5. The predicted molar refractivity (Wildman–Crippen MR) is 137 cm³/mol. The molecule has 0 aromatic heterocycles. The number of rotatable bonds is 8. The average molecular weight is 463 g/mol. The zero-order valence-corrected chi connectivity index (χ0v) is 20.6. The van der Waals surface area contributed by atoms with Crippen LogP contribution in [0.5, 0.6) is 0 Å². The molecule has 2 amide bonds. The Morgan fingerprint density at radius 3 is 2.50 bits per heavy atom. The highest BCUT2D eigenvalue weighted by molar-refractivity contribution is 5.90. The van der Waals surface area contributed by atoms with Gasteiger partial charge in [-0.2, -0.15) is 0 Å². The molecule has 0 spiro atoms. The van der Waals surface area contributed by atoms with Gasteiger partial charge in [-0.15, -0.1) is 0 Å². The molecule has 0 unspecified atom stereocenters. The molecule has 1 heterocycles. The van der Waals surface area contributed by atoms with Crippen molar-refractivity contribution in [2.75, 3.05) is 18.9 Å². The second kappa shape index (κ2) is 11.0. The molecule has 3 N–H and O–H groups in total. The van der Waals surface area contributed by atoms with Crippen molar-refractivity contribution in [2.45, 2.75) is 70.5 Å². The summed E-state index contributed by atoms with van der Waals surface area (Å²) in [6, 6.07) is 15.9. The van der Waals surface area contributed by atoms with Gasteiger partial charge in [0.15, 0.2) is 0 Å². The van der Waals surface area contributed by atoms with E-state index in [2.05, 4.69) is 59.3 Å². The number of anilines is 2. The number of hydrogen-bond acceptors (Lipinski definition) is 4. The highest BCUT2D eigenvalue weighted by atomic mass is 16.2. The molecule has 3 atom stereocenters. The van der Waals surface area contributed by atoms with Crippen LogP contribution in [0, 0.1) is 12.8 Å². The first-order valence-electron chi connectivity index (χ1n) is 12.7. The molecule has 2 aromatic carbocycles. The van der Waals surface area contributed by atoms with Gasteiger partial charge in [0.2, 0.25) is 11.8 Å². The van der Waals surface area contributed by atoms with Crippen molar-refractivity contribution in [1.82, 2.24) is 15.5 Å². The van der Waals surface area contributed by atoms with E-state index in [1.165, 1.54) is 5.56 Å².